The summed E-state index contributed by atoms with van der Waals surface area (Å²) in [6.45, 7) is 3.32. The van der Waals surface area contributed by atoms with Crippen LogP contribution in [0.15, 0.2) is 24.3 Å². The molecule has 2 atom stereocenters. The SMILES string of the molecule is CCOC(=O)N1CCCC(C(=O)N(C)C2CCc3ccccc32)C1. The first-order valence-electron chi connectivity index (χ1n) is 8.88. The van der Waals surface area contributed by atoms with E-state index < -0.39 is 0 Å². The maximum atomic E-state index is 13.0. The second kappa shape index (κ2) is 7.24. The molecule has 5 nitrogen and oxygen atoms in total. The van der Waals surface area contributed by atoms with Crippen LogP contribution in [0.1, 0.15) is 43.4 Å². The van der Waals surface area contributed by atoms with Crippen LogP contribution in [0.3, 0.4) is 0 Å². The minimum Gasteiger partial charge on any atom is -0.450 e. The van der Waals surface area contributed by atoms with Crippen LogP contribution >= 0.6 is 0 Å². The van der Waals surface area contributed by atoms with E-state index in [-0.39, 0.29) is 24.0 Å². The second-order valence-electron chi connectivity index (χ2n) is 6.69. The first kappa shape index (κ1) is 16.8. The number of fused-ring (bicyclic) bond motifs is 1. The quantitative estimate of drug-likeness (QED) is 0.856. The third kappa shape index (κ3) is 3.25. The van der Waals surface area contributed by atoms with E-state index in [9.17, 15) is 9.59 Å². The molecule has 1 fully saturated rings. The Morgan fingerprint density at radius 1 is 1.29 bits per heavy atom. The predicted molar refractivity (Wildman–Crippen MR) is 91.6 cm³/mol. The Labute approximate surface area is 143 Å². The van der Waals surface area contributed by atoms with Crippen molar-refractivity contribution < 1.29 is 14.3 Å². The highest BCUT2D eigenvalue weighted by atomic mass is 16.6. The largest absolute Gasteiger partial charge is 0.450 e. The summed E-state index contributed by atoms with van der Waals surface area (Å²) in [7, 11) is 1.90. The van der Waals surface area contributed by atoms with Crippen molar-refractivity contribution in [2.45, 2.75) is 38.6 Å². The number of hydrogen-bond acceptors (Lipinski definition) is 3. The number of rotatable bonds is 3. The van der Waals surface area contributed by atoms with Crippen LogP contribution in [0, 0.1) is 5.92 Å². The fourth-order valence-corrected chi connectivity index (χ4v) is 3.94. The fraction of sp³-hybridized carbons (Fsp3) is 0.579. The predicted octanol–water partition coefficient (Wildman–Crippen LogP) is 3.00. The second-order valence-corrected chi connectivity index (χ2v) is 6.69. The van der Waals surface area contributed by atoms with Gasteiger partial charge in [-0.05, 0) is 43.7 Å². The minimum absolute atomic E-state index is 0.124. The highest BCUT2D eigenvalue weighted by molar-refractivity contribution is 5.80. The number of likely N-dealkylation sites (tertiary alicyclic amines) is 1. The summed E-state index contributed by atoms with van der Waals surface area (Å²) in [5.41, 5.74) is 2.62. The van der Waals surface area contributed by atoms with Crippen molar-refractivity contribution in [1.82, 2.24) is 9.80 Å². The van der Waals surface area contributed by atoms with Crippen molar-refractivity contribution in [3.63, 3.8) is 0 Å². The Hall–Kier alpha value is -2.04. The molecule has 2 unspecified atom stereocenters. The first-order chi connectivity index (χ1) is 11.6. The van der Waals surface area contributed by atoms with Gasteiger partial charge in [-0.15, -0.1) is 0 Å². The van der Waals surface area contributed by atoms with Gasteiger partial charge in [0.15, 0.2) is 0 Å². The van der Waals surface area contributed by atoms with E-state index in [0.717, 1.165) is 25.7 Å². The van der Waals surface area contributed by atoms with Gasteiger partial charge in [0.05, 0.1) is 18.6 Å². The number of hydrogen-bond donors (Lipinski definition) is 0. The lowest BCUT2D eigenvalue weighted by atomic mass is 9.95. The molecule has 3 rings (SSSR count). The zero-order valence-corrected chi connectivity index (χ0v) is 14.5. The molecule has 0 aromatic heterocycles. The van der Waals surface area contributed by atoms with E-state index >= 15 is 0 Å². The van der Waals surface area contributed by atoms with Gasteiger partial charge in [0, 0.05) is 20.1 Å². The molecule has 1 aromatic rings. The van der Waals surface area contributed by atoms with E-state index in [4.69, 9.17) is 4.74 Å². The van der Waals surface area contributed by atoms with Crippen molar-refractivity contribution in [1.29, 1.82) is 0 Å². The van der Waals surface area contributed by atoms with E-state index in [1.165, 1.54) is 11.1 Å². The summed E-state index contributed by atoms with van der Waals surface area (Å²) in [5, 5.41) is 0. The standard InChI is InChI=1S/C19H26N2O3/c1-3-24-19(23)21-12-6-8-15(13-21)18(22)20(2)17-11-10-14-7-4-5-9-16(14)17/h4-5,7,9,15,17H,3,6,8,10-13H2,1-2H3. The normalized spacial score (nSPS) is 22.8. The lowest BCUT2D eigenvalue weighted by Crippen LogP contribution is -2.46. The first-order valence-corrected chi connectivity index (χ1v) is 8.88. The minimum atomic E-state index is -0.302. The Kier molecular flexibility index (Phi) is 5.07. The van der Waals surface area contributed by atoms with Crippen molar-refractivity contribution in [3.8, 4) is 0 Å². The number of carbonyl (C=O) groups excluding carboxylic acids is 2. The molecule has 1 aromatic carbocycles. The molecule has 1 heterocycles. The number of piperidine rings is 1. The maximum Gasteiger partial charge on any atom is 0.409 e. The molecule has 1 saturated heterocycles. The van der Waals surface area contributed by atoms with Gasteiger partial charge >= 0.3 is 6.09 Å². The van der Waals surface area contributed by atoms with Gasteiger partial charge in [0.1, 0.15) is 0 Å². The third-order valence-corrected chi connectivity index (χ3v) is 5.21. The molecule has 0 bridgehead atoms. The summed E-state index contributed by atoms with van der Waals surface area (Å²) >= 11 is 0. The summed E-state index contributed by atoms with van der Waals surface area (Å²) in [6, 6.07) is 8.53. The lowest BCUT2D eigenvalue weighted by Gasteiger charge is -2.35. The van der Waals surface area contributed by atoms with E-state index in [1.54, 1.807) is 11.8 Å². The van der Waals surface area contributed by atoms with E-state index in [2.05, 4.69) is 18.2 Å². The molecule has 130 valence electrons. The van der Waals surface area contributed by atoms with Gasteiger partial charge in [-0.2, -0.15) is 0 Å². The summed E-state index contributed by atoms with van der Waals surface area (Å²) < 4.78 is 5.08. The molecule has 2 amide bonds. The average molecular weight is 330 g/mol. The van der Waals surface area contributed by atoms with Gasteiger partial charge in [-0.1, -0.05) is 24.3 Å². The third-order valence-electron chi connectivity index (χ3n) is 5.21. The molecular formula is C19H26N2O3. The number of aryl methyl sites for hydroxylation is 1. The molecule has 0 saturated carbocycles. The number of ether oxygens (including phenoxy) is 1. The lowest BCUT2D eigenvalue weighted by molar-refractivity contribution is -0.138. The van der Waals surface area contributed by atoms with Crippen LogP contribution in [0.5, 0.6) is 0 Å². The summed E-state index contributed by atoms with van der Waals surface area (Å²) in [6.07, 6.45) is 3.40. The number of benzene rings is 1. The Balaban J connectivity index is 1.67. The van der Waals surface area contributed by atoms with Gasteiger partial charge in [0.2, 0.25) is 5.91 Å². The zero-order chi connectivity index (χ0) is 17.1. The number of nitrogens with zero attached hydrogens (tertiary/aromatic N) is 2. The van der Waals surface area contributed by atoms with Crippen LogP contribution in [0.4, 0.5) is 4.79 Å². The molecular weight excluding hydrogens is 304 g/mol. The Morgan fingerprint density at radius 2 is 2.08 bits per heavy atom. The molecule has 1 aliphatic heterocycles. The molecule has 0 N–H and O–H groups in total. The van der Waals surface area contributed by atoms with Gasteiger partial charge in [0.25, 0.3) is 0 Å². The molecule has 5 heteroatoms. The topological polar surface area (TPSA) is 49.9 Å². The van der Waals surface area contributed by atoms with E-state index in [0.29, 0.717) is 19.7 Å². The van der Waals surface area contributed by atoms with Crippen LogP contribution < -0.4 is 0 Å². The molecule has 2 aliphatic rings. The fourth-order valence-electron chi connectivity index (χ4n) is 3.94. The summed E-state index contributed by atoms with van der Waals surface area (Å²) in [4.78, 5) is 28.5. The monoisotopic (exact) mass is 330 g/mol. The van der Waals surface area contributed by atoms with Crippen molar-refractivity contribution in [2.75, 3.05) is 26.7 Å². The van der Waals surface area contributed by atoms with Crippen LogP contribution in [0.2, 0.25) is 0 Å². The number of carbonyl (C=O) groups is 2. The van der Waals surface area contributed by atoms with Crippen molar-refractivity contribution in [3.05, 3.63) is 35.4 Å². The van der Waals surface area contributed by atoms with Gasteiger partial charge in [-0.3, -0.25) is 4.79 Å². The Morgan fingerprint density at radius 3 is 2.88 bits per heavy atom. The average Bonchev–Trinajstić information content (AvgIpc) is 3.05. The van der Waals surface area contributed by atoms with Gasteiger partial charge in [-0.25, -0.2) is 4.79 Å². The van der Waals surface area contributed by atoms with Gasteiger partial charge < -0.3 is 14.5 Å². The van der Waals surface area contributed by atoms with Crippen molar-refractivity contribution >= 4 is 12.0 Å². The summed E-state index contributed by atoms with van der Waals surface area (Å²) in [5.74, 6) is 0.0200. The Bertz CT molecular complexity index is 616. The molecule has 1 aliphatic carbocycles. The molecule has 24 heavy (non-hydrogen) atoms. The van der Waals surface area contributed by atoms with Crippen molar-refractivity contribution in [2.24, 2.45) is 5.92 Å². The molecule has 0 spiro atoms. The highest BCUT2D eigenvalue weighted by Gasteiger charge is 2.35. The zero-order valence-electron chi connectivity index (χ0n) is 14.5. The van der Waals surface area contributed by atoms with Crippen LogP contribution in [-0.2, 0) is 16.0 Å². The van der Waals surface area contributed by atoms with Crippen LogP contribution in [-0.4, -0.2) is 48.5 Å². The maximum absolute atomic E-state index is 13.0. The molecule has 0 radical (unpaired) electrons. The smallest absolute Gasteiger partial charge is 0.409 e. The highest BCUT2D eigenvalue weighted by Crippen LogP contribution is 2.36. The van der Waals surface area contributed by atoms with E-state index in [1.807, 2.05) is 18.0 Å². The van der Waals surface area contributed by atoms with Crippen LogP contribution in [0.25, 0.3) is 0 Å². The number of amides is 2.